The Labute approximate surface area is 132 Å². The standard InChI is InChI=1S/C16H18F3NO3/c1-2-23-14(21)9-10-20(13-7-8-13)15(22)11-3-5-12(6-4-11)16(17,18)19/h3-6,13H,2,7-10H2,1H3. The molecule has 2 rings (SSSR count). The van der Waals surface area contributed by atoms with Gasteiger partial charge in [-0.2, -0.15) is 13.2 Å². The van der Waals surface area contributed by atoms with Crippen molar-refractivity contribution in [3.63, 3.8) is 0 Å². The van der Waals surface area contributed by atoms with E-state index < -0.39 is 17.7 Å². The van der Waals surface area contributed by atoms with E-state index in [1.54, 1.807) is 11.8 Å². The zero-order chi connectivity index (χ0) is 17.0. The Hall–Kier alpha value is -2.05. The largest absolute Gasteiger partial charge is 0.466 e. The van der Waals surface area contributed by atoms with Crippen molar-refractivity contribution in [2.24, 2.45) is 0 Å². The summed E-state index contributed by atoms with van der Waals surface area (Å²) in [5, 5.41) is 0. The van der Waals surface area contributed by atoms with E-state index in [0.717, 1.165) is 25.0 Å². The number of hydrogen-bond donors (Lipinski definition) is 0. The molecule has 0 spiro atoms. The second-order valence-electron chi connectivity index (χ2n) is 5.36. The molecule has 1 fully saturated rings. The Morgan fingerprint density at radius 3 is 2.30 bits per heavy atom. The predicted molar refractivity (Wildman–Crippen MR) is 76.8 cm³/mol. The van der Waals surface area contributed by atoms with E-state index in [9.17, 15) is 22.8 Å². The number of rotatable bonds is 6. The highest BCUT2D eigenvalue weighted by molar-refractivity contribution is 5.94. The summed E-state index contributed by atoms with van der Waals surface area (Å²) < 4.78 is 42.5. The third kappa shape index (κ3) is 4.71. The minimum Gasteiger partial charge on any atom is -0.466 e. The maximum atomic E-state index is 12.6. The SMILES string of the molecule is CCOC(=O)CCN(C(=O)c1ccc(C(F)(F)F)cc1)C1CC1. The molecule has 0 bridgehead atoms. The summed E-state index contributed by atoms with van der Waals surface area (Å²) in [5.74, 6) is -0.746. The maximum Gasteiger partial charge on any atom is 0.416 e. The maximum absolute atomic E-state index is 12.6. The van der Waals surface area contributed by atoms with Gasteiger partial charge in [0.1, 0.15) is 0 Å². The number of esters is 1. The molecule has 126 valence electrons. The molecule has 1 aromatic rings. The van der Waals surface area contributed by atoms with Gasteiger partial charge >= 0.3 is 12.1 Å². The molecular formula is C16H18F3NO3. The molecule has 1 aromatic carbocycles. The lowest BCUT2D eigenvalue weighted by atomic mass is 10.1. The summed E-state index contributed by atoms with van der Waals surface area (Å²) in [4.78, 5) is 25.4. The first-order chi connectivity index (χ1) is 10.8. The van der Waals surface area contributed by atoms with E-state index in [2.05, 4.69) is 0 Å². The molecule has 0 heterocycles. The van der Waals surface area contributed by atoms with Crippen LogP contribution in [0.4, 0.5) is 13.2 Å². The normalized spacial score (nSPS) is 14.4. The highest BCUT2D eigenvalue weighted by Crippen LogP contribution is 2.31. The topological polar surface area (TPSA) is 46.6 Å². The van der Waals surface area contributed by atoms with Gasteiger partial charge in [-0.25, -0.2) is 0 Å². The quantitative estimate of drug-likeness (QED) is 0.753. The monoisotopic (exact) mass is 329 g/mol. The van der Waals surface area contributed by atoms with Crippen LogP contribution in [-0.4, -0.2) is 36.0 Å². The fourth-order valence-electron chi connectivity index (χ4n) is 2.25. The molecule has 0 radical (unpaired) electrons. The van der Waals surface area contributed by atoms with Gasteiger partial charge in [0.2, 0.25) is 0 Å². The van der Waals surface area contributed by atoms with Crippen LogP contribution in [0.5, 0.6) is 0 Å². The first kappa shape index (κ1) is 17.3. The molecule has 4 nitrogen and oxygen atoms in total. The molecule has 1 aliphatic rings. The first-order valence-corrected chi connectivity index (χ1v) is 7.46. The Bertz CT molecular complexity index is 565. The molecule has 1 saturated carbocycles. The van der Waals surface area contributed by atoms with Gasteiger partial charge in [0.05, 0.1) is 18.6 Å². The van der Waals surface area contributed by atoms with Gasteiger partial charge in [0.25, 0.3) is 5.91 Å². The van der Waals surface area contributed by atoms with Crippen molar-refractivity contribution in [2.45, 2.75) is 38.4 Å². The van der Waals surface area contributed by atoms with Crippen LogP contribution >= 0.6 is 0 Å². The van der Waals surface area contributed by atoms with Crippen LogP contribution in [0.3, 0.4) is 0 Å². The fraction of sp³-hybridized carbons (Fsp3) is 0.500. The second kappa shape index (κ2) is 7.02. The molecule has 1 amide bonds. The first-order valence-electron chi connectivity index (χ1n) is 7.46. The zero-order valence-corrected chi connectivity index (χ0v) is 12.7. The van der Waals surface area contributed by atoms with E-state index in [4.69, 9.17) is 4.74 Å². The third-order valence-electron chi connectivity index (χ3n) is 3.57. The Morgan fingerprint density at radius 1 is 1.22 bits per heavy atom. The Morgan fingerprint density at radius 2 is 1.83 bits per heavy atom. The molecule has 0 aromatic heterocycles. The number of alkyl halides is 3. The van der Waals surface area contributed by atoms with Gasteiger partial charge in [0, 0.05) is 18.2 Å². The number of carbonyl (C=O) groups is 2. The fourth-order valence-corrected chi connectivity index (χ4v) is 2.25. The number of benzene rings is 1. The average Bonchev–Trinajstić information content (AvgIpc) is 3.31. The van der Waals surface area contributed by atoms with Gasteiger partial charge in [-0.1, -0.05) is 0 Å². The molecule has 1 aliphatic carbocycles. The molecular weight excluding hydrogens is 311 g/mol. The predicted octanol–water partition coefficient (Wildman–Crippen LogP) is 3.26. The van der Waals surface area contributed by atoms with Crippen LogP contribution in [-0.2, 0) is 15.7 Å². The number of carbonyl (C=O) groups excluding carboxylic acids is 2. The van der Waals surface area contributed by atoms with Crippen LogP contribution < -0.4 is 0 Å². The van der Waals surface area contributed by atoms with Gasteiger partial charge in [0.15, 0.2) is 0 Å². The zero-order valence-electron chi connectivity index (χ0n) is 12.7. The summed E-state index contributed by atoms with van der Waals surface area (Å²) in [6.07, 6.45) is -2.66. The summed E-state index contributed by atoms with van der Waals surface area (Å²) in [6, 6.07) is 4.18. The molecule has 0 aliphatic heterocycles. The van der Waals surface area contributed by atoms with Gasteiger partial charge < -0.3 is 9.64 Å². The summed E-state index contributed by atoms with van der Waals surface area (Å²) >= 11 is 0. The molecule has 0 atom stereocenters. The number of nitrogens with zero attached hydrogens (tertiary/aromatic N) is 1. The Balaban J connectivity index is 2.04. The van der Waals surface area contributed by atoms with Crippen LogP contribution in [0.25, 0.3) is 0 Å². The van der Waals surface area contributed by atoms with E-state index >= 15 is 0 Å². The minimum atomic E-state index is -4.43. The molecule has 23 heavy (non-hydrogen) atoms. The lowest BCUT2D eigenvalue weighted by Gasteiger charge is -2.22. The smallest absolute Gasteiger partial charge is 0.416 e. The lowest BCUT2D eigenvalue weighted by molar-refractivity contribution is -0.143. The highest BCUT2D eigenvalue weighted by Gasteiger charge is 2.34. The van der Waals surface area contributed by atoms with Crippen LogP contribution in [0, 0.1) is 0 Å². The molecule has 0 N–H and O–H groups in total. The van der Waals surface area contributed by atoms with Crippen LogP contribution in [0.1, 0.15) is 42.1 Å². The van der Waals surface area contributed by atoms with Crippen molar-refractivity contribution < 1.29 is 27.5 Å². The van der Waals surface area contributed by atoms with Crippen molar-refractivity contribution in [3.05, 3.63) is 35.4 Å². The van der Waals surface area contributed by atoms with Crippen molar-refractivity contribution in [3.8, 4) is 0 Å². The van der Waals surface area contributed by atoms with Crippen molar-refractivity contribution >= 4 is 11.9 Å². The van der Waals surface area contributed by atoms with Crippen LogP contribution in [0.2, 0.25) is 0 Å². The van der Waals surface area contributed by atoms with E-state index in [0.29, 0.717) is 0 Å². The van der Waals surface area contributed by atoms with Crippen molar-refractivity contribution in [2.75, 3.05) is 13.2 Å². The Kier molecular flexibility index (Phi) is 5.28. The summed E-state index contributed by atoms with van der Waals surface area (Å²) in [6.45, 7) is 2.18. The molecule has 0 saturated heterocycles. The van der Waals surface area contributed by atoms with Gasteiger partial charge in [-0.3, -0.25) is 9.59 Å². The summed E-state index contributed by atoms with van der Waals surface area (Å²) in [7, 11) is 0. The van der Waals surface area contributed by atoms with Crippen LogP contribution in [0.15, 0.2) is 24.3 Å². The molecule has 7 heteroatoms. The summed E-state index contributed by atoms with van der Waals surface area (Å²) in [5.41, 5.74) is -0.604. The average molecular weight is 329 g/mol. The van der Waals surface area contributed by atoms with Crippen molar-refractivity contribution in [1.82, 2.24) is 4.90 Å². The number of halogens is 3. The van der Waals surface area contributed by atoms with Crippen molar-refractivity contribution in [1.29, 1.82) is 0 Å². The third-order valence-corrected chi connectivity index (χ3v) is 3.57. The second-order valence-corrected chi connectivity index (χ2v) is 5.36. The number of ether oxygens (including phenoxy) is 1. The van der Waals surface area contributed by atoms with E-state index in [1.807, 2.05) is 0 Å². The van der Waals surface area contributed by atoms with Gasteiger partial charge in [-0.15, -0.1) is 0 Å². The highest BCUT2D eigenvalue weighted by atomic mass is 19.4. The number of amides is 1. The van der Waals surface area contributed by atoms with E-state index in [-0.39, 0.29) is 37.1 Å². The van der Waals surface area contributed by atoms with Gasteiger partial charge in [-0.05, 0) is 44.0 Å². The molecule has 0 unspecified atom stereocenters. The lowest BCUT2D eigenvalue weighted by Crippen LogP contribution is -2.35. The minimum absolute atomic E-state index is 0.0548. The van der Waals surface area contributed by atoms with E-state index in [1.165, 1.54) is 12.1 Å². The number of hydrogen-bond acceptors (Lipinski definition) is 3.